The molecule has 27 heavy (non-hydrogen) atoms. The molecule has 0 fully saturated rings. The predicted octanol–water partition coefficient (Wildman–Crippen LogP) is 2.98. The van der Waals surface area contributed by atoms with Gasteiger partial charge in [-0.3, -0.25) is 9.59 Å². The van der Waals surface area contributed by atoms with E-state index in [1.165, 1.54) is 7.11 Å². The molecule has 0 aliphatic heterocycles. The van der Waals surface area contributed by atoms with Gasteiger partial charge in [-0.2, -0.15) is 0 Å². The number of hydrogen-bond acceptors (Lipinski definition) is 4. The third kappa shape index (κ3) is 6.34. The fourth-order valence-corrected chi connectivity index (χ4v) is 2.47. The molecule has 2 N–H and O–H groups in total. The first-order valence-corrected chi connectivity index (χ1v) is 9.19. The molecular weight excluding hydrogens is 391 g/mol. The minimum absolute atomic E-state index is 0.233. The minimum Gasteiger partial charge on any atom is -0.493 e. The van der Waals surface area contributed by atoms with Gasteiger partial charge in [0.2, 0.25) is 11.8 Å². The van der Waals surface area contributed by atoms with Crippen molar-refractivity contribution in [3.63, 3.8) is 0 Å². The summed E-state index contributed by atoms with van der Waals surface area (Å²) < 4.78 is 11.2. The summed E-state index contributed by atoms with van der Waals surface area (Å²) in [7, 11) is 1.51. The van der Waals surface area contributed by atoms with Gasteiger partial charge < -0.3 is 20.1 Å². The van der Waals surface area contributed by atoms with Gasteiger partial charge in [-0.15, -0.1) is 23.2 Å². The number of rotatable bonds is 9. The fourth-order valence-electron chi connectivity index (χ4n) is 2.32. The van der Waals surface area contributed by atoms with Crippen LogP contribution in [-0.2, 0) is 16.2 Å². The molecule has 0 heterocycles. The number of hydrogen-bond donors (Lipinski definition) is 2. The quantitative estimate of drug-likeness (QED) is 0.492. The summed E-state index contributed by atoms with van der Waals surface area (Å²) in [6.07, 6.45) is -0.792. The van der Waals surface area contributed by atoms with Crippen molar-refractivity contribution in [1.82, 2.24) is 10.6 Å². The summed E-state index contributed by atoms with van der Waals surface area (Å²) in [6, 6.07) is 14.8. The maximum atomic E-state index is 11.7. The molecule has 6 nitrogen and oxygen atoms in total. The number of halogens is 2. The number of carbonyl (C=O) groups is 2. The van der Waals surface area contributed by atoms with Crippen molar-refractivity contribution in [1.29, 1.82) is 0 Å². The number of carbonyl (C=O) groups excluding carboxylic acids is 2. The first kappa shape index (κ1) is 20.9. The van der Waals surface area contributed by atoms with E-state index in [9.17, 15) is 9.59 Å². The van der Waals surface area contributed by atoms with E-state index >= 15 is 0 Å². The molecule has 0 atom stereocenters. The van der Waals surface area contributed by atoms with Gasteiger partial charge in [0, 0.05) is 0 Å². The topological polar surface area (TPSA) is 76.7 Å². The highest BCUT2D eigenvalue weighted by molar-refractivity contribution is 6.27. The highest BCUT2D eigenvalue weighted by Crippen LogP contribution is 2.30. The second-order valence-electron chi connectivity index (χ2n) is 5.52. The number of alkyl halides is 2. The van der Waals surface area contributed by atoms with Crippen molar-refractivity contribution < 1.29 is 19.1 Å². The summed E-state index contributed by atoms with van der Waals surface area (Å²) in [4.78, 5) is 23.3. The SMILES string of the molecule is COc1cc(C(NC(=O)CCl)NC(=O)CCl)ccc1OCc1ccccc1. The van der Waals surface area contributed by atoms with Gasteiger partial charge in [-0.05, 0) is 23.3 Å². The largest absolute Gasteiger partial charge is 0.493 e. The number of methoxy groups -OCH3 is 1. The average molecular weight is 411 g/mol. The molecule has 0 aliphatic carbocycles. The Labute approximate surface area is 167 Å². The molecule has 2 amide bonds. The molecular formula is C19H20Cl2N2O4. The lowest BCUT2D eigenvalue weighted by Gasteiger charge is -2.21. The van der Waals surface area contributed by atoms with Crippen LogP contribution in [0.2, 0.25) is 0 Å². The molecule has 2 aromatic rings. The smallest absolute Gasteiger partial charge is 0.236 e. The van der Waals surface area contributed by atoms with Crippen LogP contribution < -0.4 is 20.1 Å². The van der Waals surface area contributed by atoms with E-state index in [-0.39, 0.29) is 11.8 Å². The highest BCUT2D eigenvalue weighted by atomic mass is 35.5. The molecule has 0 aliphatic rings. The van der Waals surface area contributed by atoms with Gasteiger partial charge in [0.15, 0.2) is 11.5 Å². The second-order valence-corrected chi connectivity index (χ2v) is 6.05. The minimum atomic E-state index is -0.792. The van der Waals surface area contributed by atoms with Gasteiger partial charge >= 0.3 is 0 Å². The first-order chi connectivity index (χ1) is 13.1. The van der Waals surface area contributed by atoms with Crippen LogP contribution >= 0.6 is 23.2 Å². The van der Waals surface area contributed by atoms with E-state index in [1.807, 2.05) is 30.3 Å². The Balaban J connectivity index is 2.19. The van der Waals surface area contributed by atoms with Crippen molar-refractivity contribution in [2.24, 2.45) is 0 Å². The molecule has 0 spiro atoms. The molecule has 0 bridgehead atoms. The Bertz CT molecular complexity index is 754. The zero-order chi connectivity index (χ0) is 19.6. The lowest BCUT2D eigenvalue weighted by Crippen LogP contribution is -2.42. The zero-order valence-electron chi connectivity index (χ0n) is 14.7. The van der Waals surface area contributed by atoms with Crippen molar-refractivity contribution in [3.05, 3.63) is 59.7 Å². The molecule has 8 heteroatoms. The van der Waals surface area contributed by atoms with Crippen LogP contribution in [0.4, 0.5) is 0 Å². The lowest BCUT2D eigenvalue weighted by atomic mass is 10.1. The third-order valence-electron chi connectivity index (χ3n) is 3.61. The second kappa shape index (κ2) is 10.6. The van der Waals surface area contributed by atoms with Gasteiger partial charge in [0.25, 0.3) is 0 Å². The van der Waals surface area contributed by atoms with Crippen LogP contribution in [-0.4, -0.2) is 30.7 Å². The predicted molar refractivity (Wildman–Crippen MR) is 104 cm³/mol. The van der Waals surface area contributed by atoms with E-state index in [1.54, 1.807) is 18.2 Å². The summed E-state index contributed by atoms with van der Waals surface area (Å²) in [5.74, 6) is -0.324. The van der Waals surface area contributed by atoms with E-state index in [4.69, 9.17) is 32.7 Å². The van der Waals surface area contributed by atoms with Crippen LogP contribution in [0, 0.1) is 0 Å². The van der Waals surface area contributed by atoms with E-state index in [2.05, 4.69) is 10.6 Å². The van der Waals surface area contributed by atoms with Gasteiger partial charge in [0.1, 0.15) is 24.5 Å². The van der Waals surface area contributed by atoms with E-state index in [0.717, 1.165) is 5.56 Å². The molecule has 0 radical (unpaired) electrons. The summed E-state index contributed by atoms with van der Waals surface area (Å²) >= 11 is 11.1. The van der Waals surface area contributed by atoms with Crippen LogP contribution in [0.5, 0.6) is 11.5 Å². The normalized spacial score (nSPS) is 10.4. The molecule has 2 rings (SSSR count). The molecule has 0 saturated carbocycles. The van der Waals surface area contributed by atoms with Crippen molar-refractivity contribution in [2.75, 3.05) is 18.9 Å². The Morgan fingerprint density at radius 1 is 0.963 bits per heavy atom. The van der Waals surface area contributed by atoms with Crippen molar-refractivity contribution in [2.45, 2.75) is 12.8 Å². The third-order valence-corrected chi connectivity index (χ3v) is 4.10. The maximum absolute atomic E-state index is 11.7. The van der Waals surface area contributed by atoms with Crippen LogP contribution in [0.3, 0.4) is 0 Å². The monoisotopic (exact) mass is 410 g/mol. The molecule has 0 unspecified atom stereocenters. The van der Waals surface area contributed by atoms with Gasteiger partial charge in [-0.25, -0.2) is 0 Å². The summed E-state index contributed by atoms with van der Waals surface area (Å²) in [5.41, 5.74) is 1.61. The van der Waals surface area contributed by atoms with Crippen LogP contribution in [0.1, 0.15) is 17.3 Å². The zero-order valence-corrected chi connectivity index (χ0v) is 16.2. The molecule has 144 valence electrons. The summed E-state index contributed by atoms with van der Waals surface area (Å²) in [6.45, 7) is 0.381. The molecule has 2 aromatic carbocycles. The van der Waals surface area contributed by atoms with Gasteiger partial charge in [-0.1, -0.05) is 36.4 Å². The number of amides is 2. The van der Waals surface area contributed by atoms with Crippen molar-refractivity contribution >= 4 is 35.0 Å². The number of ether oxygens (including phenoxy) is 2. The van der Waals surface area contributed by atoms with Crippen LogP contribution in [0.25, 0.3) is 0 Å². The first-order valence-electron chi connectivity index (χ1n) is 8.12. The Morgan fingerprint density at radius 3 is 2.15 bits per heavy atom. The lowest BCUT2D eigenvalue weighted by molar-refractivity contribution is -0.122. The van der Waals surface area contributed by atoms with E-state index in [0.29, 0.717) is 23.7 Å². The Hall–Kier alpha value is -2.44. The Kier molecular flexibility index (Phi) is 8.23. The molecule has 0 aromatic heterocycles. The highest BCUT2D eigenvalue weighted by Gasteiger charge is 2.18. The number of nitrogens with one attached hydrogen (secondary N) is 2. The average Bonchev–Trinajstić information content (AvgIpc) is 2.72. The fraction of sp³-hybridized carbons (Fsp3) is 0.263. The van der Waals surface area contributed by atoms with Crippen LogP contribution in [0.15, 0.2) is 48.5 Å². The maximum Gasteiger partial charge on any atom is 0.236 e. The van der Waals surface area contributed by atoms with Gasteiger partial charge in [0.05, 0.1) is 7.11 Å². The van der Waals surface area contributed by atoms with Crippen molar-refractivity contribution in [3.8, 4) is 11.5 Å². The van der Waals surface area contributed by atoms with E-state index < -0.39 is 18.0 Å². The summed E-state index contributed by atoms with van der Waals surface area (Å²) in [5, 5.41) is 5.24. The number of benzene rings is 2. The Morgan fingerprint density at radius 2 is 1.59 bits per heavy atom. The molecule has 0 saturated heterocycles. The standard InChI is InChI=1S/C19H20Cl2N2O4/c1-26-16-9-14(19(22-17(24)10-20)23-18(25)11-21)7-8-15(16)27-12-13-5-3-2-4-6-13/h2-9,19H,10-12H2,1H3,(H,22,24)(H,23,25).